The van der Waals surface area contributed by atoms with E-state index in [-0.39, 0.29) is 0 Å². The Balaban J connectivity index is -0.0000000520. The SMILES string of the molecule is C[N+](C)(C)C.C[N+](C)(C)C.C[N+](C)(C)C.C[N+](C)(C)C.O=C([O-])[O-].O=C([O-])[O-]. The van der Waals surface area contributed by atoms with Crippen LogP contribution in [0.25, 0.3) is 0 Å². The molecule has 10 heteroatoms. The number of quaternary nitrogens is 4. The zero-order valence-corrected chi connectivity index (χ0v) is 21.2. The molecule has 0 fully saturated rings. The third kappa shape index (κ3) is 5080. The van der Waals surface area contributed by atoms with Crippen LogP contribution in [0.15, 0.2) is 0 Å². The molecule has 176 valence electrons. The molecule has 0 saturated carbocycles. The second-order valence-electron chi connectivity index (χ2n) is 11.2. The summed E-state index contributed by atoms with van der Waals surface area (Å²) in [6.07, 6.45) is -4.67. The summed E-state index contributed by atoms with van der Waals surface area (Å²) < 4.78 is 4.00. The average molecular weight is 417 g/mol. The van der Waals surface area contributed by atoms with Gasteiger partial charge in [0.25, 0.3) is 0 Å². The van der Waals surface area contributed by atoms with Crippen LogP contribution < -0.4 is 20.4 Å². The average Bonchev–Trinajstić information content (AvgIpc) is 1.99. The van der Waals surface area contributed by atoms with Crippen molar-refractivity contribution in [3.63, 3.8) is 0 Å². The highest BCUT2D eigenvalue weighted by molar-refractivity contribution is 5.47. The van der Waals surface area contributed by atoms with Gasteiger partial charge < -0.3 is 47.9 Å². The van der Waals surface area contributed by atoms with Gasteiger partial charge in [-0.25, -0.2) is 0 Å². The fourth-order valence-electron chi connectivity index (χ4n) is 0. The number of nitrogens with zero attached hydrogens (tertiary/aromatic N) is 4. The van der Waals surface area contributed by atoms with Crippen LogP contribution in [0.1, 0.15) is 0 Å². The summed E-state index contributed by atoms with van der Waals surface area (Å²) in [4.78, 5) is 16.7. The van der Waals surface area contributed by atoms with E-state index in [4.69, 9.17) is 30.0 Å². The van der Waals surface area contributed by atoms with Crippen LogP contribution in [-0.4, -0.2) is 143 Å². The molecule has 0 rings (SSSR count). The van der Waals surface area contributed by atoms with Crippen molar-refractivity contribution < 1.29 is 47.9 Å². The Morgan fingerprint density at radius 2 is 0.357 bits per heavy atom. The molecule has 0 radical (unpaired) electrons. The highest BCUT2D eigenvalue weighted by Gasteiger charge is 1.89. The molecule has 0 amide bonds. The Morgan fingerprint density at radius 1 is 0.357 bits per heavy atom. The minimum atomic E-state index is -2.33. The van der Waals surface area contributed by atoms with E-state index < -0.39 is 12.3 Å². The molecule has 0 bridgehead atoms. The molecule has 10 nitrogen and oxygen atoms in total. The van der Waals surface area contributed by atoms with Gasteiger partial charge in [0.15, 0.2) is 0 Å². The third-order valence-corrected chi connectivity index (χ3v) is 0. The molecule has 0 saturated heterocycles. The van der Waals surface area contributed by atoms with Crippen LogP contribution in [0.2, 0.25) is 0 Å². The van der Waals surface area contributed by atoms with Crippen molar-refractivity contribution in [3.05, 3.63) is 0 Å². The molecule has 0 spiro atoms. The highest BCUT2D eigenvalue weighted by Crippen LogP contribution is 1.75. The number of hydrogen-bond donors (Lipinski definition) is 0. The predicted octanol–water partition coefficient (Wildman–Crippen LogP) is -3.60. The molecule has 28 heavy (non-hydrogen) atoms. The van der Waals surface area contributed by atoms with Gasteiger partial charge >= 0.3 is 0 Å². The van der Waals surface area contributed by atoms with E-state index in [1.807, 2.05) is 0 Å². The lowest BCUT2D eigenvalue weighted by Crippen LogP contribution is -2.37. The lowest BCUT2D eigenvalue weighted by atomic mass is 10.8. The molecular weight excluding hydrogens is 368 g/mol. The number of carbonyl (C=O) groups excluding carboxylic acids is 2. The van der Waals surface area contributed by atoms with Gasteiger partial charge in [0.2, 0.25) is 0 Å². The maximum Gasteiger partial charge on any atom is 0.0675 e. The molecule has 0 aromatic carbocycles. The van der Waals surface area contributed by atoms with Crippen molar-refractivity contribution in [1.29, 1.82) is 0 Å². The summed E-state index contributed by atoms with van der Waals surface area (Å²) in [7, 11) is 34.0. The number of carbonyl (C=O) groups is 2. The van der Waals surface area contributed by atoms with E-state index in [0.29, 0.717) is 0 Å². The van der Waals surface area contributed by atoms with Gasteiger partial charge in [-0.15, -0.1) is 0 Å². The lowest BCUT2D eigenvalue weighted by molar-refractivity contribution is -0.849. The van der Waals surface area contributed by atoms with E-state index in [9.17, 15) is 0 Å². The molecule has 0 aliphatic rings. The van der Waals surface area contributed by atoms with Crippen molar-refractivity contribution in [2.45, 2.75) is 0 Å². The Labute approximate surface area is 173 Å². The number of rotatable bonds is 0. The van der Waals surface area contributed by atoms with E-state index in [1.54, 1.807) is 0 Å². The fraction of sp³-hybridized carbons (Fsp3) is 0.889. The Bertz CT molecular complexity index is 270. The first kappa shape index (κ1) is 40.9. The van der Waals surface area contributed by atoms with E-state index in [0.717, 1.165) is 17.9 Å². The zero-order valence-electron chi connectivity index (χ0n) is 21.2. The highest BCUT2D eigenvalue weighted by atomic mass is 16.6. The molecule has 0 aliphatic carbocycles. The Kier molecular flexibility index (Phi) is 27.4. The van der Waals surface area contributed by atoms with Crippen LogP contribution in [0, 0.1) is 0 Å². The summed E-state index contributed by atoms with van der Waals surface area (Å²) in [5, 5.41) is 33.3. The summed E-state index contributed by atoms with van der Waals surface area (Å²) >= 11 is 0. The van der Waals surface area contributed by atoms with E-state index in [1.165, 1.54) is 0 Å². The first-order valence-electron chi connectivity index (χ1n) is 8.38. The second kappa shape index (κ2) is 18.7. The van der Waals surface area contributed by atoms with Gasteiger partial charge in [-0.2, -0.15) is 0 Å². The van der Waals surface area contributed by atoms with Gasteiger partial charge in [0.1, 0.15) is 0 Å². The molecule has 0 unspecified atom stereocenters. The first-order valence-corrected chi connectivity index (χ1v) is 8.38. The quantitative estimate of drug-likeness (QED) is 0.376. The normalized spacial score (nSPS) is 10.3. The summed E-state index contributed by atoms with van der Waals surface area (Å²) in [6.45, 7) is 0. The molecule has 0 atom stereocenters. The maximum absolute atomic E-state index is 8.33. The molecule has 0 aromatic rings. The van der Waals surface area contributed by atoms with Crippen LogP contribution in [0.4, 0.5) is 9.59 Å². The van der Waals surface area contributed by atoms with Gasteiger partial charge in [-0.3, -0.25) is 0 Å². The topological polar surface area (TPSA) is 126 Å². The summed E-state index contributed by atoms with van der Waals surface area (Å²) in [5.74, 6) is 0. The van der Waals surface area contributed by atoms with Crippen molar-refractivity contribution in [2.75, 3.05) is 113 Å². The third-order valence-electron chi connectivity index (χ3n) is 0. The van der Waals surface area contributed by atoms with Crippen LogP contribution >= 0.6 is 0 Å². The van der Waals surface area contributed by atoms with Crippen LogP contribution in [-0.2, 0) is 0 Å². The molecule has 0 N–H and O–H groups in total. The van der Waals surface area contributed by atoms with E-state index in [2.05, 4.69) is 113 Å². The minimum Gasteiger partial charge on any atom is -0.652 e. The summed E-state index contributed by atoms with van der Waals surface area (Å²) in [6, 6.07) is 0. The van der Waals surface area contributed by atoms with E-state index >= 15 is 0 Å². The molecule has 0 aliphatic heterocycles. The molecular formula is C18H48N4O6. The van der Waals surface area contributed by atoms with Crippen molar-refractivity contribution in [2.24, 2.45) is 0 Å². The lowest BCUT2D eigenvalue weighted by Gasteiger charge is -2.14. The predicted molar refractivity (Wildman–Crippen MR) is 107 cm³/mol. The monoisotopic (exact) mass is 416 g/mol. The second-order valence-corrected chi connectivity index (χ2v) is 11.2. The number of carboxylic acid groups (broad SMARTS) is 4. The smallest absolute Gasteiger partial charge is 0.0675 e. The molecule has 0 heterocycles. The maximum atomic E-state index is 8.33. The Morgan fingerprint density at radius 3 is 0.357 bits per heavy atom. The zero-order chi connectivity index (χ0) is 25.2. The van der Waals surface area contributed by atoms with Gasteiger partial charge in [0.05, 0.1) is 113 Å². The van der Waals surface area contributed by atoms with Crippen LogP contribution in [0.3, 0.4) is 0 Å². The number of hydrogen-bond acceptors (Lipinski definition) is 6. The van der Waals surface area contributed by atoms with Crippen LogP contribution in [0.5, 0.6) is 0 Å². The molecule has 0 aromatic heterocycles. The van der Waals surface area contributed by atoms with Crippen molar-refractivity contribution >= 4 is 12.3 Å². The Hall–Kier alpha value is -1.62. The van der Waals surface area contributed by atoms with Gasteiger partial charge in [-0.05, 0) is 12.3 Å². The van der Waals surface area contributed by atoms with Crippen molar-refractivity contribution in [1.82, 2.24) is 0 Å². The first-order chi connectivity index (χ1) is 11.5. The summed E-state index contributed by atoms with van der Waals surface area (Å²) in [5.41, 5.74) is 0. The fourth-order valence-corrected chi connectivity index (χ4v) is 0. The minimum absolute atomic E-state index is 1.00. The van der Waals surface area contributed by atoms with Gasteiger partial charge in [0, 0.05) is 0 Å². The largest absolute Gasteiger partial charge is 0.652 e. The van der Waals surface area contributed by atoms with Crippen molar-refractivity contribution in [3.8, 4) is 0 Å². The standard InChI is InChI=1S/4C4H12N.2CH2O3/c4*1-5(2,3)4;2*2-1(3)4/h4*1-4H3;2*(H2,2,3,4)/q4*+1;;/p-4. The van der Waals surface area contributed by atoms with Gasteiger partial charge in [-0.1, -0.05) is 0 Å².